The van der Waals surface area contributed by atoms with Crippen LogP contribution in [0.2, 0.25) is 0 Å². The molecular formula is C15H22F2N2O2. The largest absolute Gasteiger partial charge is 0.382 e. The van der Waals surface area contributed by atoms with Gasteiger partial charge in [0.2, 0.25) is 0 Å². The predicted octanol–water partition coefficient (Wildman–Crippen LogP) is 2.94. The van der Waals surface area contributed by atoms with Gasteiger partial charge in [0.15, 0.2) is 0 Å². The molecule has 0 spiro atoms. The Morgan fingerprint density at radius 3 is 2.33 bits per heavy atom. The van der Waals surface area contributed by atoms with Gasteiger partial charge < -0.3 is 15.4 Å². The van der Waals surface area contributed by atoms with Crippen molar-refractivity contribution in [1.29, 1.82) is 0 Å². The zero-order valence-electron chi connectivity index (χ0n) is 12.8. The number of amides is 1. The molecule has 0 bridgehead atoms. The Balaban J connectivity index is 2.92. The van der Waals surface area contributed by atoms with Gasteiger partial charge in [0.05, 0.1) is 12.1 Å². The molecular weight excluding hydrogens is 278 g/mol. The van der Waals surface area contributed by atoms with E-state index < -0.39 is 23.1 Å². The maximum atomic E-state index is 13.9. The first-order valence-electron chi connectivity index (χ1n) is 6.85. The molecule has 118 valence electrons. The van der Waals surface area contributed by atoms with Crippen LogP contribution in [0.3, 0.4) is 0 Å². The fraction of sp³-hybridized carbons (Fsp3) is 0.533. The van der Waals surface area contributed by atoms with Crippen molar-refractivity contribution >= 4 is 11.6 Å². The van der Waals surface area contributed by atoms with Crippen LogP contribution in [0.5, 0.6) is 0 Å². The van der Waals surface area contributed by atoms with E-state index in [4.69, 9.17) is 4.74 Å². The minimum Gasteiger partial charge on any atom is -0.382 e. The normalized spacial score (nSPS) is 11.3. The monoisotopic (exact) mass is 300 g/mol. The van der Waals surface area contributed by atoms with Crippen LogP contribution in [0.25, 0.3) is 0 Å². The lowest BCUT2D eigenvalue weighted by Gasteiger charge is -2.25. The molecule has 0 saturated heterocycles. The SMILES string of the molecule is CCCNc1c(F)cc(C(=O)NC(C)(C)COC)cc1F. The van der Waals surface area contributed by atoms with Crippen molar-refractivity contribution in [2.45, 2.75) is 32.7 Å². The number of rotatable bonds is 7. The third-order valence-electron chi connectivity index (χ3n) is 2.81. The Bertz CT molecular complexity index is 481. The van der Waals surface area contributed by atoms with Crippen LogP contribution in [-0.2, 0) is 4.74 Å². The lowest BCUT2D eigenvalue weighted by molar-refractivity contribution is 0.0819. The van der Waals surface area contributed by atoms with Crippen molar-refractivity contribution in [2.75, 3.05) is 25.6 Å². The summed E-state index contributed by atoms with van der Waals surface area (Å²) in [6.07, 6.45) is 0.742. The van der Waals surface area contributed by atoms with Gasteiger partial charge in [-0.25, -0.2) is 8.78 Å². The number of hydrogen-bond donors (Lipinski definition) is 2. The van der Waals surface area contributed by atoms with Crippen LogP contribution in [0.15, 0.2) is 12.1 Å². The number of nitrogens with one attached hydrogen (secondary N) is 2. The quantitative estimate of drug-likeness (QED) is 0.814. The summed E-state index contributed by atoms with van der Waals surface area (Å²) in [5.74, 6) is -2.10. The number of carbonyl (C=O) groups excluding carboxylic acids is 1. The Hall–Kier alpha value is -1.69. The van der Waals surface area contributed by atoms with Crippen LogP contribution in [0.4, 0.5) is 14.5 Å². The number of halogens is 2. The molecule has 0 aliphatic carbocycles. The molecule has 1 aromatic carbocycles. The van der Waals surface area contributed by atoms with E-state index in [1.165, 1.54) is 7.11 Å². The summed E-state index contributed by atoms with van der Waals surface area (Å²) >= 11 is 0. The summed E-state index contributed by atoms with van der Waals surface area (Å²) in [6, 6.07) is 2.05. The van der Waals surface area contributed by atoms with Gasteiger partial charge in [-0.05, 0) is 32.4 Å². The van der Waals surface area contributed by atoms with E-state index in [0.717, 1.165) is 18.6 Å². The first-order chi connectivity index (χ1) is 9.80. The topological polar surface area (TPSA) is 50.4 Å². The fourth-order valence-electron chi connectivity index (χ4n) is 1.90. The summed E-state index contributed by atoms with van der Waals surface area (Å²) in [4.78, 5) is 12.0. The summed E-state index contributed by atoms with van der Waals surface area (Å²) in [5, 5.41) is 5.34. The molecule has 0 fully saturated rings. The van der Waals surface area contributed by atoms with Gasteiger partial charge in [0.25, 0.3) is 5.91 Å². The molecule has 0 aromatic heterocycles. The van der Waals surface area contributed by atoms with E-state index in [1.807, 2.05) is 6.92 Å². The van der Waals surface area contributed by atoms with Gasteiger partial charge in [0, 0.05) is 19.2 Å². The molecule has 0 aliphatic rings. The van der Waals surface area contributed by atoms with Crippen LogP contribution >= 0.6 is 0 Å². The van der Waals surface area contributed by atoms with Crippen molar-refractivity contribution in [3.63, 3.8) is 0 Å². The molecule has 6 heteroatoms. The Morgan fingerprint density at radius 2 is 1.86 bits per heavy atom. The van der Waals surface area contributed by atoms with E-state index in [1.54, 1.807) is 13.8 Å². The molecule has 0 saturated carbocycles. The molecule has 1 rings (SSSR count). The predicted molar refractivity (Wildman–Crippen MR) is 78.6 cm³/mol. The Kier molecular flexibility index (Phi) is 6.08. The standard InChI is InChI=1S/C15H22F2N2O2/c1-5-6-18-13-11(16)7-10(8-12(13)17)14(20)19-15(2,3)9-21-4/h7-8,18H,5-6,9H2,1-4H3,(H,19,20). The van der Waals surface area contributed by atoms with Gasteiger partial charge >= 0.3 is 0 Å². The zero-order valence-corrected chi connectivity index (χ0v) is 12.8. The second kappa shape index (κ2) is 7.36. The van der Waals surface area contributed by atoms with E-state index in [2.05, 4.69) is 10.6 Å². The van der Waals surface area contributed by atoms with Gasteiger partial charge in [-0.3, -0.25) is 4.79 Å². The Labute approximate surface area is 123 Å². The highest BCUT2D eigenvalue weighted by Crippen LogP contribution is 2.21. The van der Waals surface area contributed by atoms with Crippen molar-refractivity contribution in [2.24, 2.45) is 0 Å². The molecule has 1 amide bonds. The van der Waals surface area contributed by atoms with Gasteiger partial charge in [-0.2, -0.15) is 0 Å². The second-order valence-corrected chi connectivity index (χ2v) is 5.51. The van der Waals surface area contributed by atoms with E-state index in [9.17, 15) is 13.6 Å². The van der Waals surface area contributed by atoms with Crippen molar-refractivity contribution in [1.82, 2.24) is 5.32 Å². The van der Waals surface area contributed by atoms with Crippen LogP contribution in [0, 0.1) is 11.6 Å². The summed E-state index contributed by atoms with van der Waals surface area (Å²) in [5.41, 5.74) is -0.890. The highest BCUT2D eigenvalue weighted by Gasteiger charge is 2.22. The molecule has 0 radical (unpaired) electrons. The third kappa shape index (κ3) is 4.97. The van der Waals surface area contributed by atoms with Crippen LogP contribution < -0.4 is 10.6 Å². The van der Waals surface area contributed by atoms with Crippen molar-refractivity contribution in [3.8, 4) is 0 Å². The van der Waals surface area contributed by atoms with Crippen LogP contribution in [0.1, 0.15) is 37.6 Å². The highest BCUT2D eigenvalue weighted by atomic mass is 19.1. The third-order valence-corrected chi connectivity index (χ3v) is 2.81. The molecule has 21 heavy (non-hydrogen) atoms. The molecule has 0 unspecified atom stereocenters. The number of hydrogen-bond acceptors (Lipinski definition) is 3. The van der Waals surface area contributed by atoms with Gasteiger partial charge in [0.1, 0.15) is 17.3 Å². The van der Waals surface area contributed by atoms with Gasteiger partial charge in [-0.1, -0.05) is 6.92 Å². The number of methoxy groups -OCH3 is 1. The van der Waals surface area contributed by atoms with Crippen molar-refractivity contribution in [3.05, 3.63) is 29.3 Å². The fourth-order valence-corrected chi connectivity index (χ4v) is 1.90. The average molecular weight is 300 g/mol. The highest BCUT2D eigenvalue weighted by molar-refractivity contribution is 5.95. The summed E-state index contributed by atoms with van der Waals surface area (Å²) < 4.78 is 32.7. The van der Waals surface area contributed by atoms with E-state index in [-0.39, 0.29) is 11.3 Å². The van der Waals surface area contributed by atoms with E-state index in [0.29, 0.717) is 13.2 Å². The molecule has 1 aromatic rings. The minimum absolute atomic E-state index is 0.0590. The number of ether oxygens (including phenoxy) is 1. The number of carbonyl (C=O) groups is 1. The molecule has 4 nitrogen and oxygen atoms in total. The van der Waals surface area contributed by atoms with E-state index >= 15 is 0 Å². The number of benzene rings is 1. The average Bonchev–Trinajstić information content (AvgIpc) is 2.36. The molecule has 0 heterocycles. The molecule has 0 aliphatic heterocycles. The Morgan fingerprint density at radius 1 is 1.29 bits per heavy atom. The minimum atomic E-state index is -0.779. The smallest absolute Gasteiger partial charge is 0.251 e. The summed E-state index contributed by atoms with van der Waals surface area (Å²) in [7, 11) is 1.52. The van der Waals surface area contributed by atoms with Crippen molar-refractivity contribution < 1.29 is 18.3 Å². The lowest BCUT2D eigenvalue weighted by atomic mass is 10.1. The maximum absolute atomic E-state index is 13.9. The number of anilines is 1. The van der Waals surface area contributed by atoms with Gasteiger partial charge in [-0.15, -0.1) is 0 Å². The summed E-state index contributed by atoms with van der Waals surface area (Å²) in [6.45, 7) is 6.17. The first-order valence-corrected chi connectivity index (χ1v) is 6.85. The first kappa shape index (κ1) is 17.4. The second-order valence-electron chi connectivity index (χ2n) is 5.51. The maximum Gasteiger partial charge on any atom is 0.251 e. The molecule has 0 atom stereocenters. The molecule has 2 N–H and O–H groups in total. The zero-order chi connectivity index (χ0) is 16.0. The van der Waals surface area contributed by atoms with Crippen LogP contribution in [-0.4, -0.2) is 31.7 Å². The lowest BCUT2D eigenvalue weighted by Crippen LogP contribution is -2.46.